The van der Waals surface area contributed by atoms with Gasteiger partial charge < -0.3 is 9.47 Å². The number of nitrogens with zero attached hydrogens (tertiary/aromatic N) is 1. The quantitative estimate of drug-likeness (QED) is 0.434. The van der Waals surface area contributed by atoms with Crippen molar-refractivity contribution in [2.75, 3.05) is 19.1 Å². The Morgan fingerprint density at radius 1 is 1.19 bits per heavy atom. The molecule has 1 aliphatic rings. The fourth-order valence-electron chi connectivity index (χ4n) is 2.39. The molecule has 0 N–H and O–H groups in total. The molecule has 1 fully saturated rings. The molecule has 134 valence electrons. The predicted molar refractivity (Wildman–Crippen MR) is 114 cm³/mol. The summed E-state index contributed by atoms with van der Waals surface area (Å²) >= 11 is 16.1. The summed E-state index contributed by atoms with van der Waals surface area (Å²) in [6.07, 6.45) is 1.76. The molecule has 1 saturated heterocycles. The van der Waals surface area contributed by atoms with Crippen LogP contribution in [0.3, 0.4) is 0 Å². The third-order valence-electron chi connectivity index (χ3n) is 3.68. The molecule has 1 amide bonds. The van der Waals surface area contributed by atoms with Crippen molar-refractivity contribution in [3.8, 4) is 11.5 Å². The molecule has 3 rings (SSSR count). The number of ether oxygens (including phenoxy) is 2. The van der Waals surface area contributed by atoms with Gasteiger partial charge in [-0.05, 0) is 52.3 Å². The molecule has 0 radical (unpaired) electrons. The lowest BCUT2D eigenvalue weighted by molar-refractivity contribution is -0.113. The van der Waals surface area contributed by atoms with E-state index in [0.29, 0.717) is 31.4 Å². The second kappa shape index (κ2) is 8.00. The first kappa shape index (κ1) is 19.2. The zero-order valence-corrected chi connectivity index (χ0v) is 17.8. The van der Waals surface area contributed by atoms with E-state index in [1.807, 2.05) is 12.1 Å². The zero-order chi connectivity index (χ0) is 18.8. The van der Waals surface area contributed by atoms with Crippen LogP contribution >= 0.6 is 51.5 Å². The van der Waals surface area contributed by atoms with E-state index < -0.39 is 0 Å². The standard InChI is InChI=1S/C18H13BrClNO3S2/c1-23-12-5-3-10(15(9-12)24-2)7-16-17(22)21(18(25)26-16)11-4-6-13(19)14(20)8-11/h3-9H,1-2H3/b16-7+. The highest BCUT2D eigenvalue weighted by atomic mass is 79.9. The van der Waals surface area contributed by atoms with Crippen LogP contribution in [0.5, 0.6) is 11.5 Å². The Balaban J connectivity index is 1.96. The van der Waals surface area contributed by atoms with Crippen LogP contribution in [0.1, 0.15) is 5.56 Å². The minimum Gasteiger partial charge on any atom is -0.497 e. The minimum atomic E-state index is -0.198. The Labute approximate surface area is 174 Å². The van der Waals surface area contributed by atoms with E-state index in [2.05, 4.69) is 15.9 Å². The predicted octanol–water partition coefficient (Wildman–Crippen LogP) is 5.53. The Bertz CT molecular complexity index is 933. The molecular weight excluding hydrogens is 458 g/mol. The molecule has 0 aromatic heterocycles. The Hall–Kier alpha value is -1.54. The number of thioether (sulfide) groups is 1. The van der Waals surface area contributed by atoms with Gasteiger partial charge >= 0.3 is 0 Å². The second-order valence-electron chi connectivity index (χ2n) is 5.22. The molecule has 2 aromatic rings. The number of hydrogen-bond donors (Lipinski definition) is 0. The Morgan fingerprint density at radius 3 is 2.62 bits per heavy atom. The molecule has 4 nitrogen and oxygen atoms in total. The summed E-state index contributed by atoms with van der Waals surface area (Å²) in [6, 6.07) is 10.7. The number of rotatable bonds is 4. The molecule has 1 heterocycles. The van der Waals surface area contributed by atoms with Crippen LogP contribution in [0.4, 0.5) is 5.69 Å². The first-order valence-electron chi connectivity index (χ1n) is 7.39. The van der Waals surface area contributed by atoms with Crippen molar-refractivity contribution in [3.63, 3.8) is 0 Å². The molecule has 26 heavy (non-hydrogen) atoms. The van der Waals surface area contributed by atoms with Crippen molar-refractivity contribution < 1.29 is 14.3 Å². The van der Waals surface area contributed by atoms with Gasteiger partial charge in [0, 0.05) is 16.1 Å². The third kappa shape index (κ3) is 3.76. The summed E-state index contributed by atoms with van der Waals surface area (Å²) in [5.74, 6) is 1.09. The van der Waals surface area contributed by atoms with Gasteiger partial charge in [-0.2, -0.15) is 0 Å². The summed E-state index contributed by atoms with van der Waals surface area (Å²) in [4.78, 5) is 14.9. The SMILES string of the molecule is COc1ccc(/C=C2/SC(=S)N(c3ccc(Br)c(Cl)c3)C2=O)c(OC)c1. The molecule has 0 unspecified atom stereocenters. The lowest BCUT2D eigenvalue weighted by Crippen LogP contribution is -2.27. The van der Waals surface area contributed by atoms with Gasteiger partial charge in [-0.1, -0.05) is 35.6 Å². The van der Waals surface area contributed by atoms with Crippen molar-refractivity contribution in [2.24, 2.45) is 0 Å². The Kier molecular flexibility index (Phi) is 5.92. The maximum Gasteiger partial charge on any atom is 0.270 e. The topological polar surface area (TPSA) is 38.8 Å². The first-order valence-corrected chi connectivity index (χ1v) is 9.79. The Morgan fingerprint density at radius 2 is 1.96 bits per heavy atom. The molecular formula is C18H13BrClNO3S2. The monoisotopic (exact) mass is 469 g/mol. The maximum absolute atomic E-state index is 12.9. The highest BCUT2D eigenvalue weighted by Gasteiger charge is 2.33. The lowest BCUT2D eigenvalue weighted by Gasteiger charge is -2.15. The number of amides is 1. The highest BCUT2D eigenvalue weighted by molar-refractivity contribution is 9.10. The van der Waals surface area contributed by atoms with Gasteiger partial charge in [0.05, 0.1) is 29.8 Å². The third-order valence-corrected chi connectivity index (χ3v) is 6.22. The van der Waals surface area contributed by atoms with Gasteiger partial charge in [0.15, 0.2) is 4.32 Å². The van der Waals surface area contributed by atoms with Gasteiger partial charge in [-0.3, -0.25) is 9.69 Å². The number of carbonyl (C=O) groups excluding carboxylic acids is 1. The van der Waals surface area contributed by atoms with Crippen LogP contribution < -0.4 is 14.4 Å². The first-order chi connectivity index (χ1) is 12.4. The van der Waals surface area contributed by atoms with Crippen molar-refractivity contribution in [1.29, 1.82) is 0 Å². The second-order valence-corrected chi connectivity index (χ2v) is 8.16. The van der Waals surface area contributed by atoms with Crippen molar-refractivity contribution >= 4 is 73.5 Å². The smallest absolute Gasteiger partial charge is 0.270 e. The van der Waals surface area contributed by atoms with Crippen LogP contribution in [0.25, 0.3) is 6.08 Å². The molecule has 1 aliphatic heterocycles. The summed E-state index contributed by atoms with van der Waals surface area (Å²) in [5.41, 5.74) is 1.40. The molecule has 0 bridgehead atoms. The molecule has 2 aromatic carbocycles. The molecule has 0 atom stereocenters. The van der Waals surface area contributed by atoms with E-state index in [1.165, 1.54) is 16.7 Å². The van der Waals surface area contributed by atoms with E-state index in [-0.39, 0.29) is 5.91 Å². The number of thiocarbonyl (C=S) groups is 1. The maximum atomic E-state index is 12.9. The number of hydrogen-bond acceptors (Lipinski definition) is 5. The number of methoxy groups -OCH3 is 2. The highest BCUT2D eigenvalue weighted by Crippen LogP contribution is 2.39. The van der Waals surface area contributed by atoms with Crippen LogP contribution in [-0.2, 0) is 4.79 Å². The van der Waals surface area contributed by atoms with Gasteiger partial charge in [-0.15, -0.1) is 0 Å². The van der Waals surface area contributed by atoms with E-state index in [0.717, 1.165) is 10.0 Å². The van der Waals surface area contributed by atoms with E-state index in [4.69, 9.17) is 33.3 Å². The number of benzene rings is 2. The molecule has 0 spiro atoms. The van der Waals surface area contributed by atoms with E-state index in [9.17, 15) is 4.79 Å². The average molecular weight is 471 g/mol. The zero-order valence-electron chi connectivity index (χ0n) is 13.8. The fraction of sp³-hybridized carbons (Fsp3) is 0.111. The molecule has 0 saturated carbocycles. The molecule has 0 aliphatic carbocycles. The van der Waals surface area contributed by atoms with Crippen LogP contribution in [-0.4, -0.2) is 24.4 Å². The number of anilines is 1. The normalized spacial score (nSPS) is 15.7. The van der Waals surface area contributed by atoms with E-state index >= 15 is 0 Å². The fourth-order valence-corrected chi connectivity index (χ4v) is 4.10. The van der Waals surface area contributed by atoms with Crippen molar-refractivity contribution in [3.05, 3.63) is 56.4 Å². The van der Waals surface area contributed by atoms with Gasteiger partial charge in [0.25, 0.3) is 5.91 Å². The minimum absolute atomic E-state index is 0.198. The van der Waals surface area contributed by atoms with E-state index in [1.54, 1.807) is 44.6 Å². The number of halogens is 2. The summed E-state index contributed by atoms with van der Waals surface area (Å²) in [5, 5.41) is 0.511. The van der Waals surface area contributed by atoms with Crippen LogP contribution in [0, 0.1) is 0 Å². The van der Waals surface area contributed by atoms with Gasteiger partial charge in [0.2, 0.25) is 0 Å². The molecule has 8 heteroatoms. The summed E-state index contributed by atoms with van der Waals surface area (Å²) in [6.45, 7) is 0. The van der Waals surface area contributed by atoms with Crippen molar-refractivity contribution in [1.82, 2.24) is 0 Å². The van der Waals surface area contributed by atoms with Crippen LogP contribution in [0.15, 0.2) is 45.8 Å². The largest absolute Gasteiger partial charge is 0.497 e. The summed E-state index contributed by atoms with van der Waals surface area (Å²) in [7, 11) is 3.16. The average Bonchev–Trinajstić information content (AvgIpc) is 2.91. The van der Waals surface area contributed by atoms with Gasteiger partial charge in [-0.25, -0.2) is 0 Å². The van der Waals surface area contributed by atoms with Crippen molar-refractivity contribution in [2.45, 2.75) is 0 Å². The van der Waals surface area contributed by atoms with Crippen LogP contribution in [0.2, 0.25) is 5.02 Å². The van der Waals surface area contributed by atoms with Gasteiger partial charge in [0.1, 0.15) is 11.5 Å². The summed E-state index contributed by atoms with van der Waals surface area (Å²) < 4.78 is 11.8. The number of carbonyl (C=O) groups is 1. The lowest BCUT2D eigenvalue weighted by atomic mass is 10.1.